The Labute approximate surface area is 130 Å². The highest BCUT2D eigenvalue weighted by molar-refractivity contribution is 7.10. The summed E-state index contributed by atoms with van der Waals surface area (Å²) in [5, 5.41) is 6.30. The van der Waals surface area contributed by atoms with Gasteiger partial charge in [-0.2, -0.15) is 5.10 Å². The molecule has 0 aliphatic heterocycles. The van der Waals surface area contributed by atoms with Crippen LogP contribution >= 0.6 is 11.3 Å². The molecule has 21 heavy (non-hydrogen) atoms. The van der Waals surface area contributed by atoms with Gasteiger partial charge in [0.2, 0.25) is 0 Å². The number of carbonyl (C=O) groups excluding carboxylic acids is 1. The lowest BCUT2D eigenvalue weighted by Gasteiger charge is -2.21. The molecule has 0 spiro atoms. The van der Waals surface area contributed by atoms with Crippen molar-refractivity contribution in [3.8, 4) is 0 Å². The summed E-state index contributed by atoms with van der Waals surface area (Å²) in [5.74, 6) is 2.70. The van der Waals surface area contributed by atoms with Gasteiger partial charge >= 0.3 is 0 Å². The molecule has 1 N–H and O–H groups in total. The van der Waals surface area contributed by atoms with E-state index >= 15 is 0 Å². The van der Waals surface area contributed by atoms with Gasteiger partial charge in [-0.3, -0.25) is 4.79 Å². The monoisotopic (exact) mass is 304 g/mol. The van der Waals surface area contributed by atoms with E-state index in [1.165, 1.54) is 30.6 Å². The van der Waals surface area contributed by atoms with E-state index in [9.17, 15) is 4.79 Å². The molecular weight excluding hydrogens is 280 g/mol. The molecule has 2 saturated carbocycles. The molecule has 114 valence electrons. The van der Waals surface area contributed by atoms with E-state index < -0.39 is 0 Å². The highest BCUT2D eigenvalue weighted by Gasteiger charge is 2.40. The molecule has 0 radical (unpaired) electrons. The van der Waals surface area contributed by atoms with Crippen molar-refractivity contribution in [1.29, 1.82) is 0 Å². The van der Waals surface area contributed by atoms with Crippen LogP contribution in [0.25, 0.3) is 0 Å². The molecule has 4 heteroatoms. The number of fused-ring (bicyclic) bond motifs is 2. The number of hydrazone groups is 1. The zero-order chi connectivity index (χ0) is 15.0. The third-order valence-corrected chi connectivity index (χ3v) is 6.29. The summed E-state index contributed by atoms with van der Waals surface area (Å²) >= 11 is 1.65. The summed E-state index contributed by atoms with van der Waals surface area (Å²) < 4.78 is 0. The lowest BCUT2D eigenvalue weighted by Crippen LogP contribution is -2.24. The quantitative estimate of drug-likeness (QED) is 0.649. The Morgan fingerprint density at radius 2 is 2.19 bits per heavy atom. The van der Waals surface area contributed by atoms with Gasteiger partial charge in [0, 0.05) is 21.9 Å². The van der Waals surface area contributed by atoms with Crippen molar-refractivity contribution in [2.75, 3.05) is 0 Å². The van der Waals surface area contributed by atoms with Gasteiger partial charge in [0.25, 0.3) is 5.91 Å². The molecule has 2 aliphatic carbocycles. The molecular formula is C17H24N2OS. The first-order chi connectivity index (χ1) is 10.0. The zero-order valence-electron chi connectivity index (χ0n) is 13.1. The second-order valence-corrected chi connectivity index (χ2v) is 7.81. The van der Waals surface area contributed by atoms with E-state index in [0.29, 0.717) is 11.8 Å². The zero-order valence-corrected chi connectivity index (χ0v) is 13.9. The van der Waals surface area contributed by atoms with Crippen LogP contribution in [0.15, 0.2) is 16.5 Å². The van der Waals surface area contributed by atoms with Gasteiger partial charge in [-0.25, -0.2) is 5.43 Å². The predicted molar refractivity (Wildman–Crippen MR) is 87.9 cm³/mol. The van der Waals surface area contributed by atoms with E-state index in [-0.39, 0.29) is 5.91 Å². The van der Waals surface area contributed by atoms with Gasteiger partial charge in [0.05, 0.1) is 5.56 Å². The Bertz CT molecular complexity index is 561. The largest absolute Gasteiger partial charge is 0.272 e. The number of hydrogen-bond acceptors (Lipinski definition) is 3. The minimum absolute atomic E-state index is 0.0827. The second-order valence-electron chi connectivity index (χ2n) is 6.87. The third-order valence-electron chi connectivity index (χ3n) is 5.06. The molecule has 1 heterocycles. The predicted octanol–water partition coefficient (Wildman–Crippen LogP) is 4.41. The Morgan fingerprint density at radius 1 is 1.38 bits per heavy atom. The molecule has 0 aromatic carbocycles. The molecule has 0 unspecified atom stereocenters. The van der Waals surface area contributed by atoms with Crippen LogP contribution in [0, 0.1) is 17.8 Å². The lowest BCUT2D eigenvalue weighted by molar-refractivity contribution is 0.0955. The van der Waals surface area contributed by atoms with E-state index in [0.717, 1.165) is 23.1 Å². The number of hydrogen-bond donors (Lipinski definition) is 1. The van der Waals surface area contributed by atoms with Crippen LogP contribution in [0.5, 0.6) is 0 Å². The molecule has 1 aromatic rings. The minimum Gasteiger partial charge on any atom is -0.267 e. The molecule has 2 fully saturated rings. The van der Waals surface area contributed by atoms with Crippen LogP contribution in [0.4, 0.5) is 0 Å². The van der Waals surface area contributed by atoms with E-state index in [4.69, 9.17) is 0 Å². The summed E-state index contributed by atoms with van der Waals surface area (Å²) in [6, 6.07) is 1.98. The Balaban J connectivity index is 1.60. The van der Waals surface area contributed by atoms with Crippen LogP contribution in [-0.2, 0) is 0 Å². The summed E-state index contributed by atoms with van der Waals surface area (Å²) in [5.41, 5.74) is 4.58. The Morgan fingerprint density at radius 3 is 2.76 bits per heavy atom. The van der Waals surface area contributed by atoms with Gasteiger partial charge in [-0.15, -0.1) is 11.3 Å². The first kappa shape index (κ1) is 14.8. The third kappa shape index (κ3) is 3.05. The van der Waals surface area contributed by atoms with Gasteiger partial charge < -0.3 is 0 Å². The normalized spacial score (nSPS) is 28.4. The molecule has 3 nitrogen and oxygen atoms in total. The fraction of sp³-hybridized carbons (Fsp3) is 0.647. The van der Waals surface area contributed by atoms with Gasteiger partial charge in [-0.1, -0.05) is 20.3 Å². The van der Waals surface area contributed by atoms with Crippen molar-refractivity contribution < 1.29 is 4.79 Å². The molecule has 2 bridgehead atoms. The molecule has 1 amide bonds. The lowest BCUT2D eigenvalue weighted by atomic mass is 9.86. The number of nitrogens with zero attached hydrogens (tertiary/aromatic N) is 1. The topological polar surface area (TPSA) is 41.5 Å². The van der Waals surface area contributed by atoms with Crippen LogP contribution in [0.1, 0.15) is 67.6 Å². The maximum atomic E-state index is 12.1. The maximum absolute atomic E-state index is 12.1. The highest BCUT2D eigenvalue weighted by atomic mass is 32.1. The van der Waals surface area contributed by atoms with Crippen LogP contribution in [0.2, 0.25) is 0 Å². The number of thiophene rings is 1. The standard InChI is InChI=1S/C17H24N2OS/c1-10(2)16-8-14(9-21-16)17(20)19-18-11(3)15-7-12-4-5-13(15)6-12/h8-10,12-13,15H,4-7H2,1-3H3,(H,19,20)/b18-11-/t12-,13-,15-/m1/s1. The minimum atomic E-state index is -0.0827. The molecule has 1 aromatic heterocycles. The van der Waals surface area contributed by atoms with Crippen LogP contribution in [-0.4, -0.2) is 11.6 Å². The SMILES string of the molecule is C/C(=N/NC(=O)c1csc(C(C)C)c1)[C@H]1C[C@@H]2CC[C@@H]1C2. The molecule has 0 saturated heterocycles. The molecule has 3 rings (SSSR count). The Kier molecular flexibility index (Phi) is 4.16. The smallest absolute Gasteiger partial charge is 0.267 e. The first-order valence-corrected chi connectivity index (χ1v) is 8.85. The van der Waals surface area contributed by atoms with Crippen molar-refractivity contribution in [2.45, 2.75) is 52.4 Å². The van der Waals surface area contributed by atoms with Crippen molar-refractivity contribution in [1.82, 2.24) is 5.43 Å². The van der Waals surface area contributed by atoms with Gasteiger partial charge in [0.1, 0.15) is 0 Å². The van der Waals surface area contributed by atoms with Crippen LogP contribution < -0.4 is 5.43 Å². The van der Waals surface area contributed by atoms with E-state index in [1.54, 1.807) is 11.3 Å². The summed E-state index contributed by atoms with van der Waals surface area (Å²) in [7, 11) is 0. The number of amides is 1. The Hall–Kier alpha value is -1.16. The fourth-order valence-electron chi connectivity index (χ4n) is 3.82. The van der Waals surface area contributed by atoms with E-state index in [1.807, 2.05) is 11.4 Å². The van der Waals surface area contributed by atoms with Crippen molar-refractivity contribution >= 4 is 23.0 Å². The maximum Gasteiger partial charge on any atom is 0.272 e. The summed E-state index contributed by atoms with van der Waals surface area (Å²) in [6.45, 7) is 6.36. The second kappa shape index (κ2) is 5.91. The highest BCUT2D eigenvalue weighted by Crippen LogP contribution is 2.48. The van der Waals surface area contributed by atoms with E-state index in [2.05, 4.69) is 31.3 Å². The van der Waals surface area contributed by atoms with Crippen molar-refractivity contribution in [2.24, 2.45) is 22.9 Å². The summed E-state index contributed by atoms with van der Waals surface area (Å²) in [4.78, 5) is 13.4. The number of nitrogens with one attached hydrogen (secondary N) is 1. The first-order valence-electron chi connectivity index (χ1n) is 7.97. The fourth-order valence-corrected chi connectivity index (χ4v) is 4.72. The molecule has 2 aliphatic rings. The van der Waals surface area contributed by atoms with Crippen molar-refractivity contribution in [3.05, 3.63) is 21.9 Å². The van der Waals surface area contributed by atoms with Crippen LogP contribution in [0.3, 0.4) is 0 Å². The summed E-state index contributed by atoms with van der Waals surface area (Å²) in [6.07, 6.45) is 5.38. The van der Waals surface area contributed by atoms with Gasteiger partial charge in [-0.05, 0) is 50.0 Å². The molecule has 3 atom stereocenters. The van der Waals surface area contributed by atoms with Gasteiger partial charge in [0.15, 0.2) is 0 Å². The average molecular weight is 304 g/mol. The average Bonchev–Trinajstić information content (AvgIpc) is 3.18. The van der Waals surface area contributed by atoms with Crippen molar-refractivity contribution in [3.63, 3.8) is 0 Å². The number of carbonyl (C=O) groups is 1. The number of rotatable bonds is 4.